The number of carbonyl (C=O) groups excluding carboxylic acids is 4. The van der Waals surface area contributed by atoms with Gasteiger partial charge < -0.3 is 0 Å². The van der Waals surface area contributed by atoms with Crippen LogP contribution in [0.15, 0.2) is 107 Å². The van der Waals surface area contributed by atoms with E-state index in [1.807, 2.05) is 48.5 Å². The van der Waals surface area contributed by atoms with E-state index in [1.54, 1.807) is 60.7 Å². The van der Waals surface area contributed by atoms with Gasteiger partial charge >= 0.3 is 12.1 Å². The number of isocyanates is 2. The van der Waals surface area contributed by atoms with Crippen molar-refractivity contribution < 1.29 is 19.2 Å². The first-order valence-electron chi connectivity index (χ1n) is 11.8. The highest BCUT2D eigenvalue weighted by Gasteiger charge is 2.45. The summed E-state index contributed by atoms with van der Waals surface area (Å²) in [5, 5.41) is 0. The van der Waals surface area contributed by atoms with Crippen molar-refractivity contribution >= 4 is 47.0 Å². The normalized spacial score (nSPS) is 12.4. The molecule has 0 radical (unpaired) electrons. The lowest BCUT2D eigenvalue weighted by atomic mass is 10.0. The van der Waals surface area contributed by atoms with Gasteiger partial charge in [0.15, 0.2) is 0 Å². The lowest BCUT2D eigenvalue weighted by molar-refractivity contribution is 0.226. The molecule has 5 rings (SSSR count). The Labute approximate surface area is 218 Å². The van der Waals surface area contributed by atoms with Crippen LogP contribution in [0.2, 0.25) is 0 Å². The maximum absolute atomic E-state index is 12.9. The molecule has 0 N–H and O–H groups in total. The third kappa shape index (κ3) is 4.81. The Bertz CT molecular complexity index is 1480. The molecule has 1 aliphatic heterocycles. The Morgan fingerprint density at radius 3 is 1.26 bits per heavy atom. The highest BCUT2D eigenvalue weighted by atomic mass is 16.2. The lowest BCUT2D eigenvalue weighted by Crippen LogP contribution is -2.64. The molecule has 0 unspecified atom stereocenters. The van der Waals surface area contributed by atoms with Crippen LogP contribution in [-0.4, -0.2) is 24.2 Å². The summed E-state index contributed by atoms with van der Waals surface area (Å²) in [6.45, 7) is 0. The van der Waals surface area contributed by atoms with Gasteiger partial charge in [0, 0.05) is 0 Å². The molecule has 4 aromatic rings. The molecule has 184 valence electrons. The van der Waals surface area contributed by atoms with E-state index in [1.165, 1.54) is 0 Å². The fraction of sp³-hybridized carbons (Fsp3) is 0.0667. The number of hydrogen-bond acceptors (Lipinski definition) is 6. The predicted molar refractivity (Wildman–Crippen MR) is 143 cm³/mol. The summed E-state index contributed by atoms with van der Waals surface area (Å²) in [6, 6.07) is 27.9. The second kappa shape index (κ2) is 10.7. The van der Waals surface area contributed by atoms with Crippen LogP contribution in [0.1, 0.15) is 22.3 Å². The third-order valence-electron chi connectivity index (χ3n) is 6.26. The monoisotopic (exact) mass is 500 g/mol. The van der Waals surface area contributed by atoms with Crippen molar-refractivity contribution in [1.29, 1.82) is 0 Å². The van der Waals surface area contributed by atoms with Gasteiger partial charge in [0.05, 0.1) is 22.7 Å². The number of urea groups is 2. The zero-order valence-corrected chi connectivity index (χ0v) is 20.1. The van der Waals surface area contributed by atoms with Gasteiger partial charge in [-0.15, -0.1) is 0 Å². The Balaban J connectivity index is 1.26. The molecular weight excluding hydrogens is 480 g/mol. The zero-order valence-electron chi connectivity index (χ0n) is 20.1. The third-order valence-corrected chi connectivity index (χ3v) is 6.26. The van der Waals surface area contributed by atoms with Crippen molar-refractivity contribution in [2.24, 2.45) is 9.98 Å². The van der Waals surface area contributed by atoms with E-state index in [0.29, 0.717) is 35.6 Å². The van der Waals surface area contributed by atoms with E-state index in [0.717, 1.165) is 32.1 Å². The van der Waals surface area contributed by atoms with Crippen LogP contribution in [0.25, 0.3) is 0 Å². The summed E-state index contributed by atoms with van der Waals surface area (Å²) < 4.78 is 0. The minimum absolute atomic E-state index is 0.438. The summed E-state index contributed by atoms with van der Waals surface area (Å²) in [4.78, 5) is 56.8. The molecule has 38 heavy (non-hydrogen) atoms. The van der Waals surface area contributed by atoms with Crippen LogP contribution < -0.4 is 9.80 Å². The molecule has 1 heterocycles. The maximum Gasteiger partial charge on any atom is 0.345 e. The van der Waals surface area contributed by atoms with Crippen LogP contribution in [-0.2, 0) is 22.4 Å². The van der Waals surface area contributed by atoms with E-state index in [-0.39, 0.29) is 0 Å². The minimum atomic E-state index is -0.438. The Hall–Kier alpha value is -5.42. The van der Waals surface area contributed by atoms with Crippen LogP contribution >= 0.6 is 0 Å². The second-order valence-electron chi connectivity index (χ2n) is 8.59. The molecule has 1 aliphatic rings. The average molecular weight is 501 g/mol. The number of para-hydroxylation sites is 2. The van der Waals surface area contributed by atoms with Crippen molar-refractivity contribution in [2.75, 3.05) is 9.80 Å². The van der Waals surface area contributed by atoms with Crippen molar-refractivity contribution in [3.63, 3.8) is 0 Å². The van der Waals surface area contributed by atoms with Crippen LogP contribution in [0, 0.1) is 0 Å². The molecule has 8 nitrogen and oxygen atoms in total. The smallest absolute Gasteiger partial charge is 0.246 e. The number of nitrogens with zero attached hydrogens (tertiary/aromatic N) is 4. The van der Waals surface area contributed by atoms with Crippen molar-refractivity contribution in [3.8, 4) is 0 Å². The molecule has 1 fully saturated rings. The largest absolute Gasteiger partial charge is 0.345 e. The first-order valence-corrected chi connectivity index (χ1v) is 11.8. The Kier molecular flexibility index (Phi) is 6.83. The quantitative estimate of drug-likeness (QED) is 0.207. The summed E-state index contributed by atoms with van der Waals surface area (Å²) in [5.74, 6) is 0. The molecule has 0 aliphatic carbocycles. The number of anilines is 2. The van der Waals surface area contributed by atoms with E-state index in [4.69, 9.17) is 0 Å². The molecule has 8 heteroatoms. The van der Waals surface area contributed by atoms with Crippen LogP contribution in [0.3, 0.4) is 0 Å². The molecule has 0 saturated carbocycles. The second-order valence-corrected chi connectivity index (χ2v) is 8.59. The number of hydrogen-bond donors (Lipinski definition) is 0. The number of benzene rings is 4. The highest BCUT2D eigenvalue weighted by Crippen LogP contribution is 2.32. The zero-order chi connectivity index (χ0) is 26.5. The molecular formula is C30H20N4O4. The minimum Gasteiger partial charge on any atom is -0.246 e. The van der Waals surface area contributed by atoms with Gasteiger partial charge in [-0.25, -0.2) is 29.0 Å². The molecule has 1 saturated heterocycles. The van der Waals surface area contributed by atoms with Crippen LogP contribution in [0.5, 0.6) is 0 Å². The fourth-order valence-corrected chi connectivity index (χ4v) is 4.36. The van der Waals surface area contributed by atoms with Crippen molar-refractivity contribution in [3.05, 3.63) is 119 Å². The van der Waals surface area contributed by atoms with Gasteiger partial charge in [-0.1, -0.05) is 60.7 Å². The standard InChI is InChI=1S/C30H20N4O4/c35-19-31-27-7-3-1-5-23(27)17-21-9-13-25(14-10-21)33-29(37)34(30(33)38)26-15-11-22(12-16-26)18-24-6-2-4-8-28(24)32-20-36/h1-16H,17-18H2. The van der Waals surface area contributed by atoms with Gasteiger partial charge in [-0.3, -0.25) is 0 Å². The first-order chi connectivity index (χ1) is 18.6. The topological polar surface area (TPSA) is 99.5 Å². The lowest BCUT2D eigenvalue weighted by Gasteiger charge is -2.38. The summed E-state index contributed by atoms with van der Waals surface area (Å²) in [7, 11) is 0. The highest BCUT2D eigenvalue weighted by molar-refractivity contribution is 6.41. The molecule has 4 aromatic carbocycles. The van der Waals surface area contributed by atoms with Gasteiger partial charge in [0.25, 0.3) is 0 Å². The number of rotatable bonds is 8. The summed E-state index contributed by atoms with van der Waals surface area (Å²) in [5.41, 5.74) is 5.68. The molecule has 0 atom stereocenters. The number of amides is 4. The number of imide groups is 2. The molecule has 4 amide bonds. The number of carbonyl (C=O) groups is 2. The van der Waals surface area contributed by atoms with E-state index >= 15 is 0 Å². The van der Waals surface area contributed by atoms with E-state index < -0.39 is 12.1 Å². The predicted octanol–water partition coefficient (Wildman–Crippen LogP) is 6.37. The van der Waals surface area contributed by atoms with E-state index in [2.05, 4.69) is 9.98 Å². The van der Waals surface area contributed by atoms with E-state index in [9.17, 15) is 19.2 Å². The summed E-state index contributed by atoms with van der Waals surface area (Å²) >= 11 is 0. The van der Waals surface area contributed by atoms with Crippen molar-refractivity contribution in [2.45, 2.75) is 12.8 Å². The molecule has 0 aromatic heterocycles. The Morgan fingerprint density at radius 2 is 0.895 bits per heavy atom. The number of aliphatic imine (C=N–C) groups is 2. The SMILES string of the molecule is O=C=Nc1ccccc1Cc1ccc(N2C(=O)N(c3ccc(Cc4ccccc4N=C=O)cc3)C2=O)cc1. The maximum atomic E-state index is 12.9. The molecule has 0 bridgehead atoms. The Morgan fingerprint density at radius 1 is 0.526 bits per heavy atom. The van der Waals surface area contributed by atoms with Gasteiger partial charge in [0.1, 0.15) is 0 Å². The van der Waals surface area contributed by atoms with Crippen LogP contribution in [0.4, 0.5) is 32.3 Å². The fourth-order valence-electron chi connectivity index (χ4n) is 4.36. The average Bonchev–Trinajstić information content (AvgIpc) is 2.93. The first kappa shape index (κ1) is 24.3. The summed E-state index contributed by atoms with van der Waals surface area (Å²) in [6.07, 6.45) is 4.21. The van der Waals surface area contributed by atoms with Crippen molar-refractivity contribution in [1.82, 2.24) is 0 Å². The molecule has 0 spiro atoms. The van der Waals surface area contributed by atoms with Gasteiger partial charge in [-0.2, -0.15) is 9.98 Å². The van der Waals surface area contributed by atoms with Gasteiger partial charge in [-0.05, 0) is 71.5 Å². The van der Waals surface area contributed by atoms with Gasteiger partial charge in [0.2, 0.25) is 12.2 Å².